The van der Waals surface area contributed by atoms with E-state index in [0.717, 1.165) is 11.1 Å². The van der Waals surface area contributed by atoms with E-state index < -0.39 is 0 Å². The molecule has 0 radical (unpaired) electrons. The molecule has 0 fully saturated rings. The van der Waals surface area contributed by atoms with E-state index in [0.29, 0.717) is 5.69 Å². The molecule has 8 aromatic rings. The van der Waals surface area contributed by atoms with Crippen molar-refractivity contribution in [2.45, 2.75) is 105 Å². The molecule has 0 aliphatic carbocycles. The Kier molecular flexibility index (Phi) is 7.12. The number of hydrogen-bond acceptors (Lipinski definition) is 0. The minimum absolute atomic E-state index is 0.0108. The summed E-state index contributed by atoms with van der Waals surface area (Å²) in [4.78, 5) is 4.04. The molecule has 0 unspecified atom stereocenters. The van der Waals surface area contributed by atoms with Gasteiger partial charge in [0.05, 0.1) is 17.6 Å². The van der Waals surface area contributed by atoms with Crippen molar-refractivity contribution in [3.8, 4) is 22.5 Å². The van der Waals surface area contributed by atoms with Gasteiger partial charge in [0.2, 0.25) is 0 Å². The fraction of sp³-hybridized carbons (Fsp3) is 0.302. The summed E-state index contributed by atoms with van der Waals surface area (Å²) in [5.74, 6) is 0. The van der Waals surface area contributed by atoms with E-state index in [4.69, 9.17) is 6.57 Å². The van der Waals surface area contributed by atoms with Crippen LogP contribution in [0.5, 0.6) is 0 Å². The van der Waals surface area contributed by atoms with E-state index in [1.165, 1.54) is 93.6 Å². The molecule has 282 valence electrons. The third-order valence-corrected chi connectivity index (χ3v) is 13.1. The van der Waals surface area contributed by atoms with Crippen LogP contribution in [0.4, 0.5) is 5.69 Å². The Labute approximate surface area is 338 Å². The SMILES string of the molecule is [C-]#[N+]c1ccccc1-c1cc2c3c(c1)-n1c4ccc(C(C)(C)C)cc4c4cc(C(C)(C)C)cc(c41)B3c1cc(C(C)(C)C)cc3c4cc(C(C)(C)C)ccc4n-2c13. The summed E-state index contributed by atoms with van der Waals surface area (Å²) in [7, 11) is 0. The molecule has 0 N–H and O–H groups in total. The summed E-state index contributed by atoms with van der Waals surface area (Å²) in [6.45, 7) is 36.2. The van der Waals surface area contributed by atoms with Crippen molar-refractivity contribution in [1.82, 2.24) is 9.13 Å². The Morgan fingerprint density at radius 1 is 0.474 bits per heavy atom. The molecule has 2 aliphatic rings. The molecule has 0 atom stereocenters. The topological polar surface area (TPSA) is 14.2 Å². The van der Waals surface area contributed by atoms with Gasteiger partial charge in [-0.2, -0.15) is 0 Å². The van der Waals surface area contributed by atoms with Gasteiger partial charge in [0.1, 0.15) is 0 Å². The second kappa shape index (κ2) is 11.3. The summed E-state index contributed by atoms with van der Waals surface area (Å²) < 4.78 is 5.16. The second-order valence-electron chi connectivity index (χ2n) is 21.0. The lowest BCUT2D eigenvalue weighted by atomic mass is 9.34. The summed E-state index contributed by atoms with van der Waals surface area (Å²) in [5.41, 5.74) is 19.6. The maximum absolute atomic E-state index is 8.20. The Bertz CT molecular complexity index is 2930. The lowest BCUT2D eigenvalue weighted by Crippen LogP contribution is -2.59. The highest BCUT2D eigenvalue weighted by molar-refractivity contribution is 7.00. The molecular formula is C53H52BN3. The Hall–Kier alpha value is -5.53. The van der Waals surface area contributed by atoms with Crippen molar-refractivity contribution in [3.05, 3.63) is 131 Å². The molecule has 0 saturated carbocycles. The number of fused-ring (bicyclic) bond motifs is 10. The van der Waals surface area contributed by atoms with Crippen LogP contribution in [0.15, 0.2) is 97.1 Å². The van der Waals surface area contributed by atoms with Crippen molar-refractivity contribution in [2.24, 2.45) is 0 Å². The van der Waals surface area contributed by atoms with Crippen molar-refractivity contribution < 1.29 is 0 Å². The number of aromatic nitrogens is 2. The lowest BCUT2D eigenvalue weighted by molar-refractivity contribution is 0.590. The number of nitrogens with zero attached hydrogens (tertiary/aromatic N) is 3. The summed E-state index contributed by atoms with van der Waals surface area (Å²) in [5, 5.41) is 5.25. The maximum Gasteiger partial charge on any atom is 0.252 e. The first-order valence-electron chi connectivity index (χ1n) is 20.7. The van der Waals surface area contributed by atoms with Crippen molar-refractivity contribution in [3.63, 3.8) is 0 Å². The van der Waals surface area contributed by atoms with E-state index in [1.54, 1.807) is 0 Å². The predicted molar refractivity (Wildman–Crippen MR) is 246 cm³/mol. The average molecular weight is 742 g/mol. The first kappa shape index (κ1) is 35.9. The molecule has 0 saturated heterocycles. The van der Waals surface area contributed by atoms with Crippen LogP contribution in [0.2, 0.25) is 0 Å². The maximum atomic E-state index is 8.20. The third-order valence-electron chi connectivity index (χ3n) is 13.1. The highest BCUT2D eigenvalue weighted by Crippen LogP contribution is 2.45. The Morgan fingerprint density at radius 3 is 1.32 bits per heavy atom. The van der Waals surface area contributed by atoms with Gasteiger partial charge in [0.15, 0.2) is 5.69 Å². The van der Waals surface area contributed by atoms with E-state index >= 15 is 0 Å². The Balaban J connectivity index is 1.46. The van der Waals surface area contributed by atoms with Crippen molar-refractivity contribution in [1.29, 1.82) is 0 Å². The highest BCUT2D eigenvalue weighted by Gasteiger charge is 2.43. The molecule has 2 aromatic heterocycles. The van der Waals surface area contributed by atoms with E-state index in [9.17, 15) is 0 Å². The van der Waals surface area contributed by atoms with Gasteiger partial charge in [0, 0.05) is 44.0 Å². The van der Waals surface area contributed by atoms with E-state index in [2.05, 4.69) is 182 Å². The molecule has 0 amide bonds. The first-order valence-corrected chi connectivity index (χ1v) is 20.7. The smallest absolute Gasteiger partial charge is 0.252 e. The molecule has 57 heavy (non-hydrogen) atoms. The lowest BCUT2D eigenvalue weighted by Gasteiger charge is -2.36. The van der Waals surface area contributed by atoms with Gasteiger partial charge in [-0.25, -0.2) is 4.85 Å². The van der Waals surface area contributed by atoms with Gasteiger partial charge in [-0.3, -0.25) is 0 Å². The summed E-state index contributed by atoms with van der Waals surface area (Å²) in [6, 6.07) is 37.3. The van der Waals surface area contributed by atoms with Gasteiger partial charge >= 0.3 is 0 Å². The normalized spacial score (nSPS) is 13.9. The van der Waals surface area contributed by atoms with E-state index in [1.807, 2.05) is 12.1 Å². The van der Waals surface area contributed by atoms with Crippen LogP contribution in [0.1, 0.15) is 105 Å². The monoisotopic (exact) mass is 741 g/mol. The van der Waals surface area contributed by atoms with Crippen LogP contribution >= 0.6 is 0 Å². The van der Waals surface area contributed by atoms with Crippen LogP contribution in [-0.4, -0.2) is 15.8 Å². The number of hydrogen-bond donors (Lipinski definition) is 0. The number of benzene rings is 6. The standard InChI is InChI=1S/C53H52BN3/c1-50(2,3)31-18-20-43-36(24-31)38-26-33(52(7,8)9)28-40-48(38)56(43)45-22-30(35-16-14-15-17-42(35)55-13)23-46-47(45)54(40)41-29-34(53(10,11)12)27-39-37-25-32(51(4,5)6)19-21-44(37)57(46)49(39)41/h14-29H,1-12H3. The van der Waals surface area contributed by atoms with Crippen LogP contribution in [-0.2, 0) is 21.7 Å². The van der Waals surface area contributed by atoms with Crippen molar-refractivity contribution in [2.75, 3.05) is 0 Å². The van der Waals surface area contributed by atoms with Crippen LogP contribution < -0.4 is 16.4 Å². The highest BCUT2D eigenvalue weighted by atomic mass is 15.0. The largest absolute Gasteiger partial charge is 0.310 e. The zero-order valence-electron chi connectivity index (χ0n) is 35.7. The quantitative estimate of drug-likeness (QED) is 0.118. The molecule has 4 heterocycles. The fourth-order valence-corrected chi connectivity index (χ4v) is 9.84. The summed E-state index contributed by atoms with van der Waals surface area (Å²) in [6.07, 6.45) is 0. The molecular weight excluding hydrogens is 689 g/mol. The minimum Gasteiger partial charge on any atom is -0.310 e. The number of rotatable bonds is 1. The van der Waals surface area contributed by atoms with Gasteiger partial charge in [-0.1, -0.05) is 132 Å². The van der Waals surface area contributed by atoms with Crippen LogP contribution in [0, 0.1) is 6.57 Å². The van der Waals surface area contributed by atoms with Crippen LogP contribution in [0.25, 0.3) is 71.0 Å². The summed E-state index contributed by atoms with van der Waals surface area (Å²) >= 11 is 0. The van der Waals surface area contributed by atoms with Crippen molar-refractivity contribution >= 4 is 72.4 Å². The molecule has 3 nitrogen and oxygen atoms in total. The Morgan fingerprint density at radius 2 is 0.895 bits per heavy atom. The number of para-hydroxylation sites is 1. The predicted octanol–water partition coefficient (Wildman–Crippen LogP) is 12.4. The molecule has 4 heteroatoms. The zero-order valence-corrected chi connectivity index (χ0v) is 35.7. The zero-order chi connectivity index (χ0) is 40.3. The van der Waals surface area contributed by atoms with Gasteiger partial charge < -0.3 is 9.13 Å². The molecule has 2 aliphatic heterocycles. The molecule has 0 bridgehead atoms. The molecule has 10 rings (SSSR count). The second-order valence-corrected chi connectivity index (χ2v) is 21.0. The molecule has 6 aromatic carbocycles. The molecule has 0 spiro atoms. The van der Waals surface area contributed by atoms with Gasteiger partial charge in [0.25, 0.3) is 6.71 Å². The van der Waals surface area contributed by atoms with Gasteiger partial charge in [-0.15, -0.1) is 0 Å². The minimum atomic E-state index is -0.0489. The average Bonchev–Trinajstić information content (AvgIpc) is 3.66. The van der Waals surface area contributed by atoms with E-state index in [-0.39, 0.29) is 28.4 Å². The first-order chi connectivity index (χ1) is 26.8. The fourth-order valence-electron chi connectivity index (χ4n) is 9.84. The van der Waals surface area contributed by atoms with Gasteiger partial charge in [-0.05, 0) is 120 Å². The third kappa shape index (κ3) is 5.04. The van der Waals surface area contributed by atoms with Crippen LogP contribution in [0.3, 0.4) is 0 Å².